The summed E-state index contributed by atoms with van der Waals surface area (Å²) in [4.78, 5) is 19.8. The second-order valence-corrected chi connectivity index (χ2v) is 5.93. The Kier molecular flexibility index (Phi) is 8.11. The molecule has 1 aromatic heterocycles. The van der Waals surface area contributed by atoms with Crippen molar-refractivity contribution in [3.63, 3.8) is 0 Å². The van der Waals surface area contributed by atoms with Gasteiger partial charge in [-0.25, -0.2) is 14.8 Å². The molecule has 0 aliphatic carbocycles. The molecule has 31 heavy (non-hydrogen) atoms. The smallest absolute Gasteiger partial charge is 0.339 e. The zero-order valence-corrected chi connectivity index (χ0v) is 17.3. The number of rotatable bonds is 9. The maximum Gasteiger partial charge on any atom is 0.339 e. The Bertz CT molecular complexity index is 1110. The molecule has 0 bridgehead atoms. The van der Waals surface area contributed by atoms with Crippen molar-refractivity contribution >= 4 is 11.5 Å². The largest absolute Gasteiger partial charge is 0.500 e. The minimum Gasteiger partial charge on any atom is -0.500 e. The van der Waals surface area contributed by atoms with Gasteiger partial charge in [-0.1, -0.05) is 30.9 Å². The molecule has 2 rings (SSSR count). The van der Waals surface area contributed by atoms with Crippen LogP contribution in [0.3, 0.4) is 0 Å². The van der Waals surface area contributed by atoms with E-state index in [-0.39, 0.29) is 40.2 Å². The average molecular weight is 419 g/mol. The number of carboxylic acid groups (broad SMARTS) is 1. The molecule has 8 heteroatoms. The summed E-state index contributed by atoms with van der Waals surface area (Å²) in [6.45, 7) is 6.98. The zero-order chi connectivity index (χ0) is 22.8. The molecule has 0 radical (unpaired) electrons. The Labute approximate surface area is 180 Å². The van der Waals surface area contributed by atoms with E-state index < -0.39 is 5.97 Å². The van der Waals surface area contributed by atoms with Crippen LogP contribution in [0, 0.1) is 11.3 Å². The first-order chi connectivity index (χ1) is 14.9. The average Bonchev–Trinajstić information content (AvgIpc) is 2.77. The highest BCUT2D eigenvalue weighted by Gasteiger charge is 2.20. The van der Waals surface area contributed by atoms with Crippen molar-refractivity contribution in [2.24, 2.45) is 0 Å². The number of carboxylic acids is 1. The fourth-order valence-electron chi connectivity index (χ4n) is 2.53. The summed E-state index contributed by atoms with van der Waals surface area (Å²) in [5, 5.41) is 18.9. The van der Waals surface area contributed by atoms with E-state index in [0.717, 1.165) is 0 Å². The summed E-state index contributed by atoms with van der Waals surface area (Å²) in [6, 6.07) is 10.0. The number of nitrogens with zero attached hydrogens (tertiary/aromatic N) is 3. The normalized spacial score (nSPS) is 12.3. The number of nitriles is 1. The third-order valence-corrected chi connectivity index (χ3v) is 3.98. The number of allylic oxidation sites excluding steroid dienone is 5. The Morgan fingerprint density at radius 1 is 1.26 bits per heavy atom. The predicted molar refractivity (Wildman–Crippen MR) is 114 cm³/mol. The molecule has 158 valence electrons. The third kappa shape index (κ3) is 5.81. The minimum atomic E-state index is -1.16. The molecule has 0 amide bonds. The standard InChI is InChI=1S/C23H21N3O5/c1-5-9-16(13-24)18(6-2)30-20-12-21(26-14-25-20)31-19-11-8-7-10-17(19)22(23(27)28)15(3)29-4/h5-12,14H,2H2,1,3-4H3,(H,27,28). The van der Waals surface area contributed by atoms with E-state index in [2.05, 4.69) is 16.5 Å². The molecule has 8 nitrogen and oxygen atoms in total. The van der Waals surface area contributed by atoms with Crippen molar-refractivity contribution < 1.29 is 24.1 Å². The third-order valence-electron chi connectivity index (χ3n) is 3.98. The molecule has 1 N–H and O–H groups in total. The van der Waals surface area contributed by atoms with Gasteiger partial charge in [0.05, 0.1) is 18.7 Å². The molecule has 1 heterocycles. The molecule has 0 spiro atoms. The first-order valence-electron chi connectivity index (χ1n) is 9.09. The topological polar surface area (TPSA) is 115 Å². The van der Waals surface area contributed by atoms with Gasteiger partial charge < -0.3 is 19.3 Å². The predicted octanol–water partition coefficient (Wildman–Crippen LogP) is 4.65. The van der Waals surface area contributed by atoms with E-state index in [1.54, 1.807) is 50.3 Å². The number of ether oxygens (including phenoxy) is 3. The van der Waals surface area contributed by atoms with Crippen LogP contribution >= 0.6 is 0 Å². The van der Waals surface area contributed by atoms with E-state index in [0.29, 0.717) is 5.56 Å². The Morgan fingerprint density at radius 3 is 2.58 bits per heavy atom. The fraction of sp³-hybridized carbons (Fsp3) is 0.130. The number of aliphatic carboxylic acids is 1. The molecule has 0 saturated heterocycles. The Morgan fingerprint density at radius 2 is 1.97 bits per heavy atom. The molecule has 0 saturated carbocycles. The van der Waals surface area contributed by atoms with E-state index in [1.807, 2.05) is 6.07 Å². The van der Waals surface area contributed by atoms with Gasteiger partial charge in [-0.2, -0.15) is 5.26 Å². The first-order valence-corrected chi connectivity index (χ1v) is 9.09. The molecule has 0 unspecified atom stereocenters. The Balaban J connectivity index is 2.42. The van der Waals surface area contributed by atoms with Crippen LogP contribution < -0.4 is 9.47 Å². The number of aromatic nitrogens is 2. The van der Waals surface area contributed by atoms with Gasteiger partial charge in [-0.05, 0) is 32.1 Å². The van der Waals surface area contributed by atoms with Gasteiger partial charge in [0.1, 0.15) is 35.2 Å². The van der Waals surface area contributed by atoms with Gasteiger partial charge in [0.2, 0.25) is 11.8 Å². The van der Waals surface area contributed by atoms with Crippen molar-refractivity contribution in [1.29, 1.82) is 5.26 Å². The molecule has 0 aliphatic heterocycles. The van der Waals surface area contributed by atoms with Gasteiger partial charge in [-0.15, -0.1) is 0 Å². The maximum absolute atomic E-state index is 11.8. The Hall–Kier alpha value is -4.38. The van der Waals surface area contributed by atoms with Crippen molar-refractivity contribution in [2.75, 3.05) is 7.11 Å². The van der Waals surface area contributed by atoms with Crippen LogP contribution in [0.1, 0.15) is 19.4 Å². The van der Waals surface area contributed by atoms with Crippen molar-refractivity contribution in [2.45, 2.75) is 13.8 Å². The number of benzene rings is 1. The van der Waals surface area contributed by atoms with Gasteiger partial charge >= 0.3 is 5.97 Å². The van der Waals surface area contributed by atoms with E-state index in [4.69, 9.17) is 14.2 Å². The van der Waals surface area contributed by atoms with Gasteiger partial charge in [-0.3, -0.25) is 0 Å². The molecule has 0 fully saturated rings. The quantitative estimate of drug-likeness (QED) is 0.270. The lowest BCUT2D eigenvalue weighted by Gasteiger charge is -2.13. The fourth-order valence-corrected chi connectivity index (χ4v) is 2.53. The summed E-state index contributed by atoms with van der Waals surface area (Å²) in [5.74, 6) is -0.216. The summed E-state index contributed by atoms with van der Waals surface area (Å²) >= 11 is 0. The highest BCUT2D eigenvalue weighted by molar-refractivity contribution is 6.16. The molecule has 0 aliphatic rings. The van der Waals surface area contributed by atoms with Crippen LogP contribution in [0.25, 0.3) is 5.57 Å². The highest BCUT2D eigenvalue weighted by atomic mass is 16.5. The lowest BCUT2D eigenvalue weighted by atomic mass is 10.0. The molecular formula is C23H21N3O5. The van der Waals surface area contributed by atoms with Crippen LogP contribution in [-0.4, -0.2) is 28.2 Å². The monoisotopic (exact) mass is 419 g/mol. The summed E-state index contributed by atoms with van der Waals surface area (Å²) in [5.41, 5.74) is 0.558. The summed E-state index contributed by atoms with van der Waals surface area (Å²) in [7, 11) is 1.39. The van der Waals surface area contributed by atoms with Gasteiger partial charge in [0.25, 0.3) is 0 Å². The SMILES string of the molecule is C=CC(Oc1cc(Oc2ccccc2C(C(=O)O)=C(C)OC)ncn1)=C(C#N)C=CC. The lowest BCUT2D eigenvalue weighted by molar-refractivity contribution is -0.130. The number of hydrogen-bond acceptors (Lipinski definition) is 7. The minimum absolute atomic E-state index is 0.0366. The van der Waals surface area contributed by atoms with Crippen molar-refractivity contribution in [3.8, 4) is 23.6 Å². The van der Waals surface area contributed by atoms with E-state index >= 15 is 0 Å². The van der Waals surface area contributed by atoms with Gasteiger partial charge in [0.15, 0.2) is 0 Å². The van der Waals surface area contributed by atoms with Crippen LogP contribution in [0.15, 0.2) is 78.6 Å². The zero-order valence-electron chi connectivity index (χ0n) is 17.3. The molecule has 0 atom stereocenters. The number of methoxy groups -OCH3 is 1. The van der Waals surface area contributed by atoms with Crippen molar-refractivity contribution in [1.82, 2.24) is 9.97 Å². The second kappa shape index (κ2) is 11.0. The summed E-state index contributed by atoms with van der Waals surface area (Å²) in [6.07, 6.45) is 5.91. The lowest BCUT2D eigenvalue weighted by Crippen LogP contribution is -2.05. The van der Waals surface area contributed by atoms with Crippen LogP contribution in [-0.2, 0) is 9.53 Å². The van der Waals surface area contributed by atoms with E-state index in [9.17, 15) is 15.2 Å². The maximum atomic E-state index is 11.8. The summed E-state index contributed by atoms with van der Waals surface area (Å²) < 4.78 is 16.6. The van der Waals surface area contributed by atoms with Crippen molar-refractivity contribution in [3.05, 3.63) is 84.1 Å². The molecule has 1 aromatic carbocycles. The molecular weight excluding hydrogens is 398 g/mol. The number of hydrogen-bond donors (Lipinski definition) is 1. The second-order valence-electron chi connectivity index (χ2n) is 5.93. The van der Waals surface area contributed by atoms with Crippen LogP contribution in [0.5, 0.6) is 17.5 Å². The molecule has 2 aromatic rings. The highest BCUT2D eigenvalue weighted by Crippen LogP contribution is 2.32. The first kappa shape index (κ1) is 22.9. The van der Waals surface area contributed by atoms with Crippen LogP contribution in [0.2, 0.25) is 0 Å². The number of para-hydroxylation sites is 1. The van der Waals surface area contributed by atoms with E-state index in [1.165, 1.54) is 25.6 Å². The van der Waals surface area contributed by atoms with Crippen LogP contribution in [0.4, 0.5) is 0 Å². The number of carbonyl (C=O) groups is 1. The van der Waals surface area contributed by atoms with Gasteiger partial charge in [0, 0.05) is 5.56 Å².